The van der Waals surface area contributed by atoms with Gasteiger partial charge in [-0.05, 0) is 76.5 Å². The van der Waals surface area contributed by atoms with E-state index >= 15 is 0 Å². The Bertz CT molecular complexity index is 570. The van der Waals surface area contributed by atoms with E-state index in [0.717, 1.165) is 30.4 Å². The molecule has 1 unspecified atom stereocenters. The number of aromatic nitrogens is 1. The van der Waals surface area contributed by atoms with Crippen molar-refractivity contribution in [1.82, 2.24) is 15.2 Å². The number of carbonyl (C=O) groups is 1. The Morgan fingerprint density at radius 1 is 1.40 bits per heavy atom. The molecule has 0 aliphatic heterocycles. The van der Waals surface area contributed by atoms with Crippen LogP contribution in [0.25, 0.3) is 0 Å². The van der Waals surface area contributed by atoms with Crippen LogP contribution in [0.5, 0.6) is 0 Å². The molecule has 1 aromatic heterocycles. The number of hydrogen-bond acceptors (Lipinski definition) is 4. The molecule has 25 heavy (non-hydrogen) atoms. The Morgan fingerprint density at radius 2 is 2.24 bits per heavy atom. The van der Waals surface area contributed by atoms with Gasteiger partial charge in [0, 0.05) is 25.0 Å². The maximum absolute atomic E-state index is 12.5. The van der Waals surface area contributed by atoms with Crippen LogP contribution in [-0.2, 0) is 11.3 Å². The SMILES string of the molecule is CC(C)(C)OC(=O)N(CCCNC1CC[C@H]2C[C@@H]12)Cc1cccnc1. The van der Waals surface area contributed by atoms with Gasteiger partial charge in [0.1, 0.15) is 5.60 Å². The summed E-state index contributed by atoms with van der Waals surface area (Å²) in [5.41, 5.74) is 0.547. The number of nitrogens with one attached hydrogen (secondary N) is 1. The topological polar surface area (TPSA) is 54.5 Å². The van der Waals surface area contributed by atoms with Crippen molar-refractivity contribution in [3.05, 3.63) is 30.1 Å². The van der Waals surface area contributed by atoms with E-state index in [4.69, 9.17) is 4.74 Å². The minimum Gasteiger partial charge on any atom is -0.444 e. The molecule has 0 radical (unpaired) electrons. The lowest BCUT2D eigenvalue weighted by molar-refractivity contribution is 0.0231. The molecule has 1 aromatic rings. The Balaban J connectivity index is 1.49. The van der Waals surface area contributed by atoms with Crippen molar-refractivity contribution in [2.24, 2.45) is 11.8 Å². The summed E-state index contributed by atoms with van der Waals surface area (Å²) < 4.78 is 5.57. The van der Waals surface area contributed by atoms with E-state index in [2.05, 4.69) is 10.3 Å². The van der Waals surface area contributed by atoms with Crippen LogP contribution in [0, 0.1) is 11.8 Å². The number of hydrogen-bond donors (Lipinski definition) is 1. The van der Waals surface area contributed by atoms with Crippen LogP contribution in [0.3, 0.4) is 0 Å². The predicted octanol–water partition coefficient (Wildman–Crippen LogP) is 3.60. The van der Waals surface area contributed by atoms with Crippen LogP contribution in [0.2, 0.25) is 0 Å². The third-order valence-corrected chi connectivity index (χ3v) is 5.10. The van der Waals surface area contributed by atoms with Crippen LogP contribution in [0.15, 0.2) is 24.5 Å². The summed E-state index contributed by atoms with van der Waals surface area (Å²) in [6.07, 6.45) is 8.38. The number of amides is 1. The first kappa shape index (κ1) is 18.2. The molecule has 0 saturated heterocycles. The number of pyridine rings is 1. The van der Waals surface area contributed by atoms with Gasteiger partial charge in [0.15, 0.2) is 0 Å². The summed E-state index contributed by atoms with van der Waals surface area (Å²) in [6.45, 7) is 7.90. The summed E-state index contributed by atoms with van der Waals surface area (Å²) >= 11 is 0. The van der Waals surface area contributed by atoms with E-state index in [-0.39, 0.29) is 6.09 Å². The van der Waals surface area contributed by atoms with Gasteiger partial charge in [0.05, 0.1) is 6.54 Å². The van der Waals surface area contributed by atoms with Gasteiger partial charge in [-0.1, -0.05) is 6.07 Å². The number of ether oxygens (including phenoxy) is 1. The molecule has 2 fully saturated rings. The average molecular weight is 345 g/mol. The maximum Gasteiger partial charge on any atom is 0.410 e. The van der Waals surface area contributed by atoms with E-state index in [0.29, 0.717) is 19.1 Å². The van der Waals surface area contributed by atoms with Crippen LogP contribution < -0.4 is 5.32 Å². The minimum atomic E-state index is -0.479. The molecule has 138 valence electrons. The summed E-state index contributed by atoms with van der Waals surface area (Å²) in [7, 11) is 0. The fourth-order valence-corrected chi connectivity index (χ4v) is 3.79. The second kappa shape index (κ2) is 7.73. The van der Waals surface area contributed by atoms with E-state index in [1.807, 2.05) is 32.9 Å². The van der Waals surface area contributed by atoms with Gasteiger partial charge in [-0.2, -0.15) is 0 Å². The molecule has 2 aliphatic rings. The van der Waals surface area contributed by atoms with Gasteiger partial charge in [-0.3, -0.25) is 4.98 Å². The molecule has 3 atom stereocenters. The zero-order valence-corrected chi connectivity index (χ0v) is 15.7. The highest BCUT2D eigenvalue weighted by Crippen LogP contribution is 2.51. The monoisotopic (exact) mass is 345 g/mol. The van der Waals surface area contributed by atoms with Crippen LogP contribution in [-0.4, -0.2) is 40.7 Å². The number of nitrogens with zero attached hydrogens (tertiary/aromatic N) is 2. The standard InChI is InChI=1S/C20H31N3O2/c1-20(2,3)25-19(24)23(14-15-6-4-9-21-13-15)11-5-10-22-18-8-7-16-12-17(16)18/h4,6,9,13,16-18,22H,5,7-8,10-12,14H2,1-3H3/t16-,17+,18?/m0/s1. The Morgan fingerprint density at radius 3 is 2.84 bits per heavy atom. The van der Waals surface area contributed by atoms with Crippen molar-refractivity contribution in [2.75, 3.05) is 13.1 Å². The minimum absolute atomic E-state index is 0.250. The molecule has 3 rings (SSSR count). The number of fused-ring (bicyclic) bond motifs is 1. The van der Waals surface area contributed by atoms with Crippen molar-refractivity contribution in [3.63, 3.8) is 0 Å². The van der Waals surface area contributed by atoms with Crippen molar-refractivity contribution >= 4 is 6.09 Å². The van der Waals surface area contributed by atoms with E-state index < -0.39 is 5.60 Å². The molecule has 1 N–H and O–H groups in total. The van der Waals surface area contributed by atoms with Gasteiger partial charge in [0.2, 0.25) is 0 Å². The first-order valence-corrected chi connectivity index (χ1v) is 9.52. The third-order valence-electron chi connectivity index (χ3n) is 5.10. The summed E-state index contributed by atoms with van der Waals surface area (Å²) in [5, 5.41) is 3.69. The lowest BCUT2D eigenvalue weighted by Gasteiger charge is -2.27. The second-order valence-electron chi connectivity index (χ2n) is 8.41. The van der Waals surface area contributed by atoms with Crippen LogP contribution in [0.4, 0.5) is 4.79 Å². The molecule has 0 spiro atoms. The summed E-state index contributed by atoms with van der Waals surface area (Å²) in [6, 6.07) is 4.60. The lowest BCUT2D eigenvalue weighted by Crippen LogP contribution is -2.38. The zero-order chi connectivity index (χ0) is 17.9. The highest BCUT2D eigenvalue weighted by molar-refractivity contribution is 5.68. The molecule has 1 heterocycles. The fourth-order valence-electron chi connectivity index (χ4n) is 3.79. The van der Waals surface area contributed by atoms with Gasteiger partial charge >= 0.3 is 6.09 Å². The second-order valence-corrected chi connectivity index (χ2v) is 8.41. The van der Waals surface area contributed by atoms with Gasteiger partial charge < -0.3 is 15.0 Å². The van der Waals surface area contributed by atoms with Gasteiger partial charge in [-0.25, -0.2) is 4.79 Å². The first-order valence-electron chi connectivity index (χ1n) is 9.52. The average Bonchev–Trinajstić information content (AvgIpc) is 3.23. The largest absolute Gasteiger partial charge is 0.444 e. The molecule has 5 nitrogen and oxygen atoms in total. The van der Waals surface area contributed by atoms with E-state index in [1.54, 1.807) is 17.3 Å². The molecule has 0 bridgehead atoms. The molecular formula is C20H31N3O2. The van der Waals surface area contributed by atoms with Gasteiger partial charge in [-0.15, -0.1) is 0 Å². The molecule has 0 aromatic carbocycles. The summed E-state index contributed by atoms with van der Waals surface area (Å²) in [5.74, 6) is 1.93. The first-order chi connectivity index (χ1) is 11.9. The fraction of sp³-hybridized carbons (Fsp3) is 0.700. The molecule has 2 saturated carbocycles. The molecular weight excluding hydrogens is 314 g/mol. The lowest BCUT2D eigenvalue weighted by atomic mass is 10.1. The molecule has 1 amide bonds. The number of rotatable bonds is 7. The maximum atomic E-state index is 12.5. The third kappa shape index (κ3) is 5.43. The summed E-state index contributed by atoms with van der Waals surface area (Å²) in [4.78, 5) is 18.5. The van der Waals surface area contributed by atoms with Crippen molar-refractivity contribution < 1.29 is 9.53 Å². The van der Waals surface area contributed by atoms with E-state index in [9.17, 15) is 4.79 Å². The van der Waals surface area contributed by atoms with E-state index in [1.165, 1.54) is 19.3 Å². The zero-order valence-electron chi connectivity index (χ0n) is 15.7. The quantitative estimate of drug-likeness (QED) is 0.767. The normalized spacial score (nSPS) is 24.7. The van der Waals surface area contributed by atoms with Crippen molar-refractivity contribution in [2.45, 2.75) is 64.6 Å². The van der Waals surface area contributed by atoms with Crippen molar-refractivity contribution in [3.8, 4) is 0 Å². The smallest absolute Gasteiger partial charge is 0.410 e. The van der Waals surface area contributed by atoms with Gasteiger partial charge in [0.25, 0.3) is 0 Å². The van der Waals surface area contributed by atoms with Crippen LogP contribution >= 0.6 is 0 Å². The molecule has 2 aliphatic carbocycles. The highest BCUT2D eigenvalue weighted by atomic mass is 16.6. The Labute approximate surface area is 151 Å². The molecule has 5 heteroatoms. The van der Waals surface area contributed by atoms with Crippen molar-refractivity contribution in [1.29, 1.82) is 0 Å². The Hall–Kier alpha value is -1.62. The highest BCUT2D eigenvalue weighted by Gasteiger charge is 2.47. The Kier molecular flexibility index (Phi) is 5.62. The van der Waals surface area contributed by atoms with Crippen LogP contribution in [0.1, 0.15) is 52.0 Å². The predicted molar refractivity (Wildman–Crippen MR) is 98.1 cm³/mol. The number of carbonyl (C=O) groups excluding carboxylic acids is 1.